The molecule has 70 valence electrons. The lowest BCUT2D eigenvalue weighted by atomic mass is 10.1. The number of aryl methyl sites for hydroxylation is 1. The van der Waals surface area contributed by atoms with Crippen molar-refractivity contribution in [3.05, 3.63) is 17.0 Å². The smallest absolute Gasteiger partial charge is 0.407 e. The molecular weight excluding hydrogens is 172 g/mol. The summed E-state index contributed by atoms with van der Waals surface area (Å²) in [5.41, 5.74) is 1.72. The van der Waals surface area contributed by atoms with Gasteiger partial charge >= 0.3 is 6.09 Å². The third kappa shape index (κ3) is 1.26. The van der Waals surface area contributed by atoms with Gasteiger partial charge in [0.15, 0.2) is 0 Å². The fourth-order valence-corrected chi connectivity index (χ4v) is 1.50. The monoisotopic (exact) mass is 182 g/mol. The Morgan fingerprint density at radius 1 is 1.69 bits per heavy atom. The summed E-state index contributed by atoms with van der Waals surface area (Å²) < 4.78 is 5.05. The molecule has 1 N–H and O–H groups in total. The Kier molecular flexibility index (Phi) is 1.72. The van der Waals surface area contributed by atoms with E-state index in [0.717, 1.165) is 17.0 Å². The van der Waals surface area contributed by atoms with E-state index in [0.29, 0.717) is 19.5 Å². The summed E-state index contributed by atoms with van der Waals surface area (Å²) in [6.07, 6.45) is -0.256. The van der Waals surface area contributed by atoms with Gasteiger partial charge in [0.05, 0.1) is 12.2 Å². The summed E-state index contributed by atoms with van der Waals surface area (Å²) in [5.74, 6) is 0.829. The summed E-state index contributed by atoms with van der Waals surface area (Å²) in [7, 11) is 0. The van der Waals surface area contributed by atoms with Crippen LogP contribution in [0.1, 0.15) is 17.0 Å². The fourth-order valence-electron chi connectivity index (χ4n) is 1.50. The number of hydrogen-bond acceptors (Lipinski definition) is 3. The molecular formula is C8H10N2O3. The summed E-state index contributed by atoms with van der Waals surface area (Å²) in [5, 5.41) is 12.6. The van der Waals surface area contributed by atoms with Gasteiger partial charge in [0, 0.05) is 18.5 Å². The minimum Gasteiger partial charge on any atom is -0.465 e. The Hall–Kier alpha value is -1.52. The quantitative estimate of drug-likeness (QED) is 0.650. The zero-order valence-electron chi connectivity index (χ0n) is 7.28. The van der Waals surface area contributed by atoms with Crippen LogP contribution in [0.4, 0.5) is 4.79 Å². The number of nitrogens with zero attached hydrogens (tertiary/aromatic N) is 2. The van der Waals surface area contributed by atoms with Crippen LogP contribution in [0.5, 0.6) is 0 Å². The second kappa shape index (κ2) is 2.76. The van der Waals surface area contributed by atoms with Crippen LogP contribution in [0.2, 0.25) is 0 Å². The normalized spacial score (nSPS) is 15.6. The molecule has 0 saturated heterocycles. The van der Waals surface area contributed by atoms with Crippen LogP contribution in [0, 0.1) is 6.92 Å². The van der Waals surface area contributed by atoms with Crippen LogP contribution in [-0.2, 0) is 13.0 Å². The molecule has 1 aromatic rings. The average Bonchev–Trinajstić information content (AvgIpc) is 2.47. The van der Waals surface area contributed by atoms with Gasteiger partial charge in [-0.15, -0.1) is 0 Å². The molecule has 5 heteroatoms. The van der Waals surface area contributed by atoms with Gasteiger partial charge in [0.2, 0.25) is 0 Å². The van der Waals surface area contributed by atoms with E-state index in [-0.39, 0.29) is 0 Å². The van der Waals surface area contributed by atoms with E-state index in [1.54, 1.807) is 0 Å². The van der Waals surface area contributed by atoms with Crippen molar-refractivity contribution in [1.82, 2.24) is 10.1 Å². The lowest BCUT2D eigenvalue weighted by Crippen LogP contribution is -2.34. The predicted molar refractivity (Wildman–Crippen MR) is 43.4 cm³/mol. The molecule has 13 heavy (non-hydrogen) atoms. The first-order chi connectivity index (χ1) is 6.18. The topological polar surface area (TPSA) is 66.6 Å². The van der Waals surface area contributed by atoms with E-state index in [9.17, 15) is 4.79 Å². The lowest BCUT2D eigenvalue weighted by Gasteiger charge is -2.22. The van der Waals surface area contributed by atoms with Crippen LogP contribution in [0.15, 0.2) is 4.52 Å². The highest BCUT2D eigenvalue weighted by Crippen LogP contribution is 2.21. The molecule has 0 atom stereocenters. The van der Waals surface area contributed by atoms with Gasteiger partial charge in [-0.2, -0.15) is 0 Å². The van der Waals surface area contributed by atoms with Crippen LogP contribution in [0.25, 0.3) is 0 Å². The summed E-state index contributed by atoms with van der Waals surface area (Å²) >= 11 is 0. The summed E-state index contributed by atoms with van der Waals surface area (Å²) in [6, 6.07) is 0. The first kappa shape index (κ1) is 8.10. The average molecular weight is 182 g/mol. The third-order valence-electron chi connectivity index (χ3n) is 2.29. The molecule has 2 heterocycles. The van der Waals surface area contributed by atoms with Crippen molar-refractivity contribution in [2.75, 3.05) is 6.54 Å². The Morgan fingerprint density at radius 2 is 2.46 bits per heavy atom. The molecule has 1 aromatic heterocycles. The molecule has 5 nitrogen and oxygen atoms in total. The van der Waals surface area contributed by atoms with Crippen molar-refractivity contribution in [1.29, 1.82) is 0 Å². The summed E-state index contributed by atoms with van der Waals surface area (Å²) in [4.78, 5) is 12.0. The SMILES string of the molecule is Cc1noc2c1CN(C(=O)O)CC2. The van der Waals surface area contributed by atoms with E-state index < -0.39 is 6.09 Å². The van der Waals surface area contributed by atoms with Crippen molar-refractivity contribution in [2.24, 2.45) is 0 Å². The lowest BCUT2D eigenvalue weighted by molar-refractivity contribution is 0.137. The van der Waals surface area contributed by atoms with Crippen LogP contribution in [0.3, 0.4) is 0 Å². The number of aromatic nitrogens is 1. The molecule has 1 amide bonds. The molecule has 0 aliphatic carbocycles. The highest BCUT2D eigenvalue weighted by atomic mass is 16.5. The highest BCUT2D eigenvalue weighted by molar-refractivity contribution is 5.65. The third-order valence-corrected chi connectivity index (χ3v) is 2.29. The van der Waals surface area contributed by atoms with Crippen molar-refractivity contribution in [3.8, 4) is 0 Å². The molecule has 0 bridgehead atoms. The van der Waals surface area contributed by atoms with Crippen LogP contribution >= 0.6 is 0 Å². The highest BCUT2D eigenvalue weighted by Gasteiger charge is 2.24. The Labute approximate surface area is 74.9 Å². The van der Waals surface area contributed by atoms with E-state index in [1.807, 2.05) is 6.92 Å². The minimum atomic E-state index is -0.883. The molecule has 0 fully saturated rings. The Morgan fingerprint density at radius 3 is 3.15 bits per heavy atom. The van der Waals surface area contributed by atoms with Crippen molar-refractivity contribution < 1.29 is 14.4 Å². The fraction of sp³-hybridized carbons (Fsp3) is 0.500. The predicted octanol–water partition coefficient (Wildman–Crippen LogP) is 1.02. The molecule has 1 aliphatic rings. The van der Waals surface area contributed by atoms with Crippen molar-refractivity contribution in [2.45, 2.75) is 19.9 Å². The van der Waals surface area contributed by atoms with Gasteiger partial charge in [-0.05, 0) is 6.92 Å². The van der Waals surface area contributed by atoms with Gasteiger partial charge in [0.25, 0.3) is 0 Å². The number of fused-ring (bicyclic) bond motifs is 1. The van der Waals surface area contributed by atoms with Crippen LogP contribution < -0.4 is 0 Å². The van der Waals surface area contributed by atoms with Gasteiger partial charge in [-0.3, -0.25) is 0 Å². The van der Waals surface area contributed by atoms with Gasteiger partial charge in [-0.1, -0.05) is 5.16 Å². The number of rotatable bonds is 0. The second-order valence-electron chi connectivity index (χ2n) is 3.12. The molecule has 0 aromatic carbocycles. The molecule has 0 spiro atoms. The van der Waals surface area contributed by atoms with Crippen molar-refractivity contribution in [3.63, 3.8) is 0 Å². The van der Waals surface area contributed by atoms with Gasteiger partial charge in [-0.25, -0.2) is 4.79 Å². The number of hydrogen-bond donors (Lipinski definition) is 1. The number of amides is 1. The maximum Gasteiger partial charge on any atom is 0.407 e. The van der Waals surface area contributed by atoms with Gasteiger partial charge in [0.1, 0.15) is 5.76 Å². The zero-order valence-corrected chi connectivity index (χ0v) is 7.28. The van der Waals surface area contributed by atoms with E-state index >= 15 is 0 Å². The second-order valence-corrected chi connectivity index (χ2v) is 3.12. The maximum absolute atomic E-state index is 10.7. The Balaban J connectivity index is 2.27. The Bertz CT molecular complexity index is 345. The molecule has 2 rings (SSSR count). The number of carbonyl (C=O) groups is 1. The maximum atomic E-state index is 10.7. The molecule has 0 unspecified atom stereocenters. The first-order valence-electron chi connectivity index (χ1n) is 4.10. The zero-order chi connectivity index (χ0) is 9.42. The largest absolute Gasteiger partial charge is 0.465 e. The van der Waals surface area contributed by atoms with Crippen LogP contribution in [-0.4, -0.2) is 27.8 Å². The van der Waals surface area contributed by atoms with Crippen molar-refractivity contribution >= 4 is 6.09 Å². The summed E-state index contributed by atoms with van der Waals surface area (Å²) in [6.45, 7) is 2.73. The van der Waals surface area contributed by atoms with E-state index in [2.05, 4.69) is 5.16 Å². The van der Waals surface area contributed by atoms with E-state index in [1.165, 1.54) is 4.90 Å². The molecule has 0 radical (unpaired) electrons. The molecule has 1 aliphatic heterocycles. The number of carboxylic acid groups (broad SMARTS) is 1. The minimum absolute atomic E-state index is 0.403. The van der Waals surface area contributed by atoms with Gasteiger partial charge < -0.3 is 14.5 Å². The standard InChI is InChI=1S/C8H10N2O3/c1-5-6-4-10(8(11)12)3-2-7(6)13-9-5/h2-4H2,1H3,(H,11,12). The van der Waals surface area contributed by atoms with E-state index in [4.69, 9.17) is 9.63 Å². The molecule has 0 saturated carbocycles. The first-order valence-corrected chi connectivity index (χ1v) is 4.10.